The molecule has 0 aliphatic carbocycles. The quantitative estimate of drug-likeness (QED) is 0.413. The summed E-state index contributed by atoms with van der Waals surface area (Å²) in [5.41, 5.74) is 1.83. The Balaban J connectivity index is 1.40. The average Bonchev–Trinajstić information content (AvgIpc) is 3.29. The summed E-state index contributed by atoms with van der Waals surface area (Å²) in [6.07, 6.45) is 5.49. The van der Waals surface area contributed by atoms with Crippen LogP contribution >= 0.6 is 0 Å². The van der Waals surface area contributed by atoms with Crippen molar-refractivity contribution in [2.24, 2.45) is 5.92 Å². The van der Waals surface area contributed by atoms with E-state index in [0.717, 1.165) is 61.9 Å². The Hall–Kier alpha value is -2.91. The molecule has 1 aliphatic heterocycles. The highest BCUT2D eigenvalue weighted by atomic mass is 16.5. The molecule has 0 radical (unpaired) electrons. The van der Waals surface area contributed by atoms with E-state index in [4.69, 9.17) is 9.47 Å². The van der Waals surface area contributed by atoms with Gasteiger partial charge >= 0.3 is 0 Å². The van der Waals surface area contributed by atoms with E-state index in [1.165, 1.54) is 6.33 Å². The van der Waals surface area contributed by atoms with Gasteiger partial charge in [0, 0.05) is 36.4 Å². The van der Waals surface area contributed by atoms with Crippen LogP contribution in [-0.2, 0) is 6.42 Å². The van der Waals surface area contributed by atoms with Gasteiger partial charge in [0.1, 0.15) is 12.1 Å². The van der Waals surface area contributed by atoms with Gasteiger partial charge in [-0.15, -0.1) is 0 Å². The van der Waals surface area contributed by atoms with Crippen molar-refractivity contribution < 1.29 is 14.6 Å². The number of nitrogens with zero attached hydrogens (tertiary/aromatic N) is 4. The number of aliphatic hydroxyl groups is 1. The van der Waals surface area contributed by atoms with Crippen LogP contribution < -0.4 is 14.8 Å². The summed E-state index contributed by atoms with van der Waals surface area (Å²) >= 11 is 0. The van der Waals surface area contributed by atoms with Crippen LogP contribution in [-0.4, -0.2) is 70.1 Å². The number of piperidine rings is 1. The van der Waals surface area contributed by atoms with Crippen LogP contribution in [0, 0.1) is 5.92 Å². The fourth-order valence-electron chi connectivity index (χ4n) is 4.03. The van der Waals surface area contributed by atoms with Gasteiger partial charge in [-0.05, 0) is 50.8 Å². The highest BCUT2D eigenvalue weighted by Gasteiger charge is 2.18. The molecule has 3 heterocycles. The molecule has 1 saturated heterocycles. The molecule has 1 fully saturated rings. The second kappa shape index (κ2) is 10.6. The van der Waals surface area contributed by atoms with Crippen molar-refractivity contribution in [2.75, 3.05) is 45.3 Å². The monoisotopic (exact) mass is 440 g/mol. The van der Waals surface area contributed by atoms with Gasteiger partial charge in [-0.3, -0.25) is 5.10 Å². The first-order valence-electron chi connectivity index (χ1n) is 11.3. The third-order valence-corrected chi connectivity index (χ3v) is 6.02. The largest absolute Gasteiger partial charge is 0.493 e. The third kappa shape index (κ3) is 5.28. The molecule has 0 saturated carbocycles. The molecular weight excluding hydrogens is 408 g/mol. The lowest BCUT2D eigenvalue weighted by Gasteiger charge is -2.30. The van der Waals surface area contributed by atoms with Crippen LogP contribution in [0.3, 0.4) is 0 Å². The molecule has 1 aromatic carbocycles. The maximum absolute atomic E-state index is 9.28. The van der Waals surface area contributed by atoms with E-state index in [1.54, 1.807) is 7.11 Å². The second-order valence-corrected chi connectivity index (χ2v) is 8.17. The maximum Gasteiger partial charge on any atom is 0.163 e. The lowest BCUT2D eigenvalue weighted by Crippen LogP contribution is -2.35. The number of fused-ring (bicyclic) bond motifs is 1. The van der Waals surface area contributed by atoms with E-state index >= 15 is 0 Å². The number of hydrogen-bond acceptors (Lipinski definition) is 8. The number of H-pyrrole nitrogens is 1. The number of ether oxygens (including phenoxy) is 2. The molecule has 9 nitrogen and oxygen atoms in total. The molecule has 0 spiro atoms. The molecule has 0 amide bonds. The van der Waals surface area contributed by atoms with Gasteiger partial charge < -0.3 is 24.8 Å². The van der Waals surface area contributed by atoms with Gasteiger partial charge in [0.15, 0.2) is 17.3 Å². The Kier molecular flexibility index (Phi) is 7.39. The molecule has 3 aromatic rings. The number of benzene rings is 1. The van der Waals surface area contributed by atoms with Gasteiger partial charge in [0.25, 0.3) is 0 Å². The second-order valence-electron chi connectivity index (χ2n) is 8.17. The molecule has 32 heavy (non-hydrogen) atoms. The van der Waals surface area contributed by atoms with Gasteiger partial charge in [-0.1, -0.05) is 6.92 Å². The average molecular weight is 441 g/mol. The molecule has 3 N–H and O–H groups in total. The minimum Gasteiger partial charge on any atom is -0.493 e. The molecule has 0 atom stereocenters. The minimum absolute atomic E-state index is 0.307. The molecule has 2 aromatic heterocycles. The zero-order chi connectivity index (χ0) is 22.3. The molecule has 0 bridgehead atoms. The lowest BCUT2D eigenvalue weighted by atomic mass is 9.98. The van der Waals surface area contributed by atoms with Crippen LogP contribution in [0.25, 0.3) is 10.9 Å². The number of aliphatic hydroxyl groups excluding tert-OH is 1. The van der Waals surface area contributed by atoms with Gasteiger partial charge in [0.2, 0.25) is 0 Å². The molecule has 0 unspecified atom stereocenters. The first kappa shape index (κ1) is 22.3. The van der Waals surface area contributed by atoms with E-state index in [1.807, 2.05) is 18.2 Å². The molecular formula is C23H32N6O3. The predicted molar refractivity (Wildman–Crippen MR) is 124 cm³/mol. The van der Waals surface area contributed by atoms with Crippen molar-refractivity contribution in [3.63, 3.8) is 0 Å². The smallest absolute Gasteiger partial charge is 0.163 e. The summed E-state index contributed by atoms with van der Waals surface area (Å²) in [6, 6.07) is 5.77. The van der Waals surface area contributed by atoms with Crippen LogP contribution in [0.2, 0.25) is 0 Å². The number of aryl methyl sites for hydroxylation is 1. The lowest BCUT2D eigenvalue weighted by molar-refractivity contribution is 0.126. The van der Waals surface area contributed by atoms with Crippen LogP contribution in [0.4, 0.5) is 11.6 Å². The Labute approximate surface area is 188 Å². The van der Waals surface area contributed by atoms with Gasteiger partial charge in [0.05, 0.1) is 19.2 Å². The molecule has 9 heteroatoms. The minimum atomic E-state index is 0.307. The van der Waals surface area contributed by atoms with Crippen molar-refractivity contribution in [3.05, 3.63) is 30.2 Å². The molecule has 172 valence electrons. The molecule has 4 rings (SSSR count). The Morgan fingerprint density at radius 1 is 1.19 bits per heavy atom. The Bertz CT molecular complexity index is 1020. The number of hydrogen-bond donors (Lipinski definition) is 3. The fraction of sp³-hybridized carbons (Fsp3) is 0.522. The number of nitrogens with one attached hydrogen (secondary N) is 2. The highest BCUT2D eigenvalue weighted by molar-refractivity contribution is 5.92. The first-order chi connectivity index (χ1) is 15.7. The fourth-order valence-corrected chi connectivity index (χ4v) is 4.03. The zero-order valence-electron chi connectivity index (χ0n) is 18.8. The summed E-state index contributed by atoms with van der Waals surface area (Å²) in [5.74, 6) is 3.17. The molecule has 1 aliphatic rings. The van der Waals surface area contributed by atoms with Crippen molar-refractivity contribution in [1.82, 2.24) is 25.1 Å². The standard InChI is InChI=1S/C23H32N6O3/c1-3-17-11-22(28-27-17)26-23-18-12-20(31-2)21(13-19(18)24-15-25-23)32-10-4-7-29-8-5-16(14-30)6-9-29/h11-13,15-16,30H,3-10,14H2,1-2H3,(H2,24,25,26,27,28). The normalized spacial score (nSPS) is 15.2. The van der Waals surface area contributed by atoms with E-state index < -0.39 is 0 Å². The topological polar surface area (TPSA) is 108 Å². The zero-order valence-corrected chi connectivity index (χ0v) is 18.8. The van der Waals surface area contributed by atoms with E-state index in [2.05, 4.69) is 37.3 Å². The van der Waals surface area contributed by atoms with E-state index in [0.29, 0.717) is 42.3 Å². The predicted octanol–water partition coefficient (Wildman–Crippen LogP) is 3.14. The summed E-state index contributed by atoms with van der Waals surface area (Å²) < 4.78 is 11.6. The van der Waals surface area contributed by atoms with Gasteiger partial charge in [-0.2, -0.15) is 5.10 Å². The van der Waals surface area contributed by atoms with Crippen molar-refractivity contribution >= 4 is 22.5 Å². The number of aromatic nitrogens is 4. The summed E-state index contributed by atoms with van der Waals surface area (Å²) in [5, 5.41) is 20.6. The number of aromatic amines is 1. The maximum atomic E-state index is 9.28. The van der Waals surface area contributed by atoms with E-state index in [-0.39, 0.29) is 0 Å². The SMILES string of the molecule is CCc1cc(Nc2ncnc3cc(OCCCN4CCC(CO)CC4)c(OC)cc23)n[nH]1. The third-order valence-electron chi connectivity index (χ3n) is 6.02. The highest BCUT2D eigenvalue weighted by Crippen LogP contribution is 2.34. The summed E-state index contributed by atoms with van der Waals surface area (Å²) in [4.78, 5) is 11.2. The van der Waals surface area contributed by atoms with Crippen molar-refractivity contribution in [3.8, 4) is 11.5 Å². The number of methoxy groups -OCH3 is 1. The Morgan fingerprint density at radius 2 is 2.03 bits per heavy atom. The van der Waals surface area contributed by atoms with Gasteiger partial charge in [-0.25, -0.2) is 9.97 Å². The van der Waals surface area contributed by atoms with Crippen LogP contribution in [0.15, 0.2) is 24.5 Å². The van der Waals surface area contributed by atoms with E-state index in [9.17, 15) is 5.11 Å². The summed E-state index contributed by atoms with van der Waals surface area (Å²) in [6.45, 7) is 6.07. The van der Waals surface area contributed by atoms with Crippen molar-refractivity contribution in [1.29, 1.82) is 0 Å². The summed E-state index contributed by atoms with van der Waals surface area (Å²) in [7, 11) is 1.64. The van der Waals surface area contributed by atoms with Crippen LogP contribution in [0.1, 0.15) is 31.9 Å². The Morgan fingerprint density at radius 3 is 2.75 bits per heavy atom. The first-order valence-corrected chi connectivity index (χ1v) is 11.3. The number of rotatable bonds is 10. The number of likely N-dealkylation sites (tertiary alicyclic amines) is 1. The van der Waals surface area contributed by atoms with Crippen molar-refractivity contribution in [2.45, 2.75) is 32.6 Å². The van der Waals surface area contributed by atoms with Crippen LogP contribution in [0.5, 0.6) is 11.5 Å². The number of anilines is 2.